The standard InChI is InChI=1S/C21H15ClF4N4O2/c1-10-18(22)19(21(24,25)26)28-30(10)13-6-4-5-12(7-13)20(31)29(3)16-9-17-15(8-14(16)23)27-11(2)32-17/h4-9H,1-3H3. The number of hydrogen-bond donors (Lipinski definition) is 0. The number of carbonyl (C=O) groups excluding carboxylic acids is 1. The Morgan fingerprint density at radius 1 is 1.19 bits per heavy atom. The van der Waals surface area contributed by atoms with E-state index in [1.165, 1.54) is 44.3 Å². The lowest BCUT2D eigenvalue weighted by Crippen LogP contribution is -2.27. The van der Waals surface area contributed by atoms with Gasteiger partial charge in [-0.15, -0.1) is 0 Å². The van der Waals surface area contributed by atoms with E-state index in [1.54, 1.807) is 6.92 Å². The Balaban J connectivity index is 1.71. The maximum absolute atomic E-state index is 14.6. The van der Waals surface area contributed by atoms with E-state index in [2.05, 4.69) is 10.1 Å². The van der Waals surface area contributed by atoms with Crippen molar-refractivity contribution in [3.8, 4) is 5.69 Å². The summed E-state index contributed by atoms with van der Waals surface area (Å²) < 4.78 is 60.4. The van der Waals surface area contributed by atoms with E-state index in [9.17, 15) is 22.4 Å². The first-order chi connectivity index (χ1) is 15.0. The van der Waals surface area contributed by atoms with Crippen LogP contribution in [0.4, 0.5) is 23.2 Å². The highest BCUT2D eigenvalue weighted by molar-refractivity contribution is 6.32. The SMILES string of the molecule is Cc1nc2cc(F)c(N(C)C(=O)c3cccc(-n4nc(C(F)(F)F)c(Cl)c4C)c3)cc2o1. The number of halogens is 5. The Kier molecular flexibility index (Phi) is 5.20. The quantitative estimate of drug-likeness (QED) is 0.362. The van der Waals surface area contributed by atoms with Gasteiger partial charge in [-0.3, -0.25) is 4.79 Å². The molecule has 2 aromatic carbocycles. The molecule has 2 aromatic heterocycles. The van der Waals surface area contributed by atoms with Crippen molar-refractivity contribution in [2.45, 2.75) is 20.0 Å². The van der Waals surface area contributed by atoms with E-state index in [0.717, 1.165) is 15.6 Å². The minimum absolute atomic E-state index is 0.0401. The van der Waals surface area contributed by atoms with Crippen molar-refractivity contribution in [2.75, 3.05) is 11.9 Å². The van der Waals surface area contributed by atoms with Gasteiger partial charge in [0.15, 0.2) is 17.2 Å². The van der Waals surface area contributed by atoms with Gasteiger partial charge >= 0.3 is 6.18 Å². The minimum Gasteiger partial charge on any atom is -0.441 e. The molecule has 32 heavy (non-hydrogen) atoms. The average Bonchev–Trinajstić information content (AvgIpc) is 3.24. The fourth-order valence-electron chi connectivity index (χ4n) is 3.30. The van der Waals surface area contributed by atoms with Crippen LogP contribution in [0.2, 0.25) is 5.02 Å². The van der Waals surface area contributed by atoms with E-state index in [1.807, 2.05) is 0 Å². The number of amides is 1. The van der Waals surface area contributed by atoms with Gasteiger partial charge < -0.3 is 9.32 Å². The predicted molar refractivity (Wildman–Crippen MR) is 110 cm³/mol. The number of fused-ring (bicyclic) bond motifs is 1. The van der Waals surface area contributed by atoms with Crippen molar-refractivity contribution < 1.29 is 26.8 Å². The molecular formula is C21H15ClF4N4O2. The van der Waals surface area contributed by atoms with Crippen LogP contribution in [-0.2, 0) is 6.18 Å². The highest BCUT2D eigenvalue weighted by Crippen LogP contribution is 2.36. The molecule has 0 radical (unpaired) electrons. The van der Waals surface area contributed by atoms with Gasteiger partial charge in [0, 0.05) is 31.7 Å². The van der Waals surface area contributed by atoms with Crippen LogP contribution in [-0.4, -0.2) is 27.7 Å². The summed E-state index contributed by atoms with van der Waals surface area (Å²) in [5.41, 5.74) is -0.259. The van der Waals surface area contributed by atoms with Crippen LogP contribution in [0, 0.1) is 19.7 Å². The van der Waals surface area contributed by atoms with Gasteiger partial charge in [0.2, 0.25) is 0 Å². The molecular weight excluding hydrogens is 452 g/mol. The summed E-state index contributed by atoms with van der Waals surface area (Å²) in [4.78, 5) is 18.1. The zero-order valence-corrected chi connectivity index (χ0v) is 17.7. The largest absolute Gasteiger partial charge is 0.441 e. The average molecular weight is 467 g/mol. The molecule has 1 amide bonds. The van der Waals surface area contributed by atoms with Gasteiger partial charge in [0.1, 0.15) is 11.3 Å². The third-order valence-corrected chi connectivity index (χ3v) is 5.33. The summed E-state index contributed by atoms with van der Waals surface area (Å²) in [5.74, 6) is -0.916. The molecule has 2 heterocycles. The van der Waals surface area contributed by atoms with E-state index in [0.29, 0.717) is 17.0 Å². The Morgan fingerprint density at radius 3 is 2.56 bits per heavy atom. The fourth-order valence-corrected chi connectivity index (χ4v) is 3.52. The smallest absolute Gasteiger partial charge is 0.436 e. The fraction of sp³-hybridized carbons (Fsp3) is 0.190. The predicted octanol–water partition coefficient (Wildman–Crippen LogP) is 5.72. The topological polar surface area (TPSA) is 64.2 Å². The molecule has 0 saturated heterocycles. The van der Waals surface area contributed by atoms with Crippen molar-refractivity contribution in [1.29, 1.82) is 0 Å². The molecule has 0 aliphatic heterocycles. The first kappa shape index (κ1) is 21.8. The molecule has 4 aromatic rings. The second kappa shape index (κ2) is 7.63. The van der Waals surface area contributed by atoms with Crippen LogP contribution in [0.25, 0.3) is 16.8 Å². The second-order valence-electron chi connectivity index (χ2n) is 7.08. The molecule has 6 nitrogen and oxygen atoms in total. The normalized spacial score (nSPS) is 11.9. The van der Waals surface area contributed by atoms with E-state index in [4.69, 9.17) is 16.0 Å². The molecule has 0 N–H and O–H groups in total. The van der Waals surface area contributed by atoms with E-state index < -0.39 is 28.6 Å². The van der Waals surface area contributed by atoms with Crippen LogP contribution in [0.3, 0.4) is 0 Å². The number of alkyl halides is 3. The van der Waals surface area contributed by atoms with Gasteiger partial charge in [0.25, 0.3) is 5.91 Å². The number of hydrogen-bond acceptors (Lipinski definition) is 4. The Bertz CT molecular complexity index is 1360. The van der Waals surface area contributed by atoms with Crippen molar-refractivity contribution in [2.24, 2.45) is 0 Å². The molecule has 0 spiro atoms. The van der Waals surface area contributed by atoms with Crippen LogP contribution < -0.4 is 4.90 Å². The molecule has 0 unspecified atom stereocenters. The molecule has 166 valence electrons. The minimum atomic E-state index is -4.73. The molecule has 4 rings (SSSR count). The number of nitrogens with zero attached hydrogens (tertiary/aromatic N) is 4. The van der Waals surface area contributed by atoms with Gasteiger partial charge in [-0.2, -0.15) is 18.3 Å². The highest BCUT2D eigenvalue weighted by Gasteiger charge is 2.38. The van der Waals surface area contributed by atoms with Crippen molar-refractivity contribution >= 4 is 34.3 Å². The molecule has 0 atom stereocenters. The number of carbonyl (C=O) groups is 1. The van der Waals surface area contributed by atoms with E-state index in [-0.39, 0.29) is 22.6 Å². The Hall–Kier alpha value is -3.40. The second-order valence-corrected chi connectivity index (χ2v) is 7.45. The van der Waals surface area contributed by atoms with E-state index >= 15 is 0 Å². The van der Waals surface area contributed by atoms with Gasteiger partial charge in [0.05, 0.1) is 22.1 Å². The number of aromatic nitrogens is 3. The Labute approximate surface area is 184 Å². The number of benzene rings is 2. The van der Waals surface area contributed by atoms with Crippen LogP contribution in [0.1, 0.15) is 27.6 Å². The first-order valence-corrected chi connectivity index (χ1v) is 9.62. The summed E-state index contributed by atoms with van der Waals surface area (Å²) in [6, 6.07) is 8.30. The molecule has 0 bridgehead atoms. The molecule has 0 aliphatic rings. The molecule has 0 saturated carbocycles. The van der Waals surface area contributed by atoms with Crippen LogP contribution in [0.15, 0.2) is 40.8 Å². The Morgan fingerprint density at radius 2 is 1.91 bits per heavy atom. The van der Waals surface area contributed by atoms with Gasteiger partial charge in [-0.25, -0.2) is 14.1 Å². The van der Waals surface area contributed by atoms with Crippen molar-refractivity contribution in [3.05, 3.63) is 70.1 Å². The lowest BCUT2D eigenvalue weighted by Gasteiger charge is -2.18. The zero-order valence-electron chi connectivity index (χ0n) is 17.0. The third-order valence-electron chi connectivity index (χ3n) is 4.88. The highest BCUT2D eigenvalue weighted by atomic mass is 35.5. The molecule has 0 aliphatic carbocycles. The monoisotopic (exact) mass is 466 g/mol. The maximum Gasteiger partial charge on any atom is 0.436 e. The number of oxazole rings is 1. The maximum atomic E-state index is 14.6. The summed E-state index contributed by atoms with van der Waals surface area (Å²) in [7, 11) is 1.38. The van der Waals surface area contributed by atoms with Crippen molar-refractivity contribution in [1.82, 2.24) is 14.8 Å². The van der Waals surface area contributed by atoms with Crippen molar-refractivity contribution in [3.63, 3.8) is 0 Å². The van der Waals surface area contributed by atoms with Crippen LogP contribution in [0.5, 0.6) is 0 Å². The number of rotatable bonds is 3. The summed E-state index contributed by atoms with van der Waals surface area (Å²) in [6.45, 7) is 3.00. The first-order valence-electron chi connectivity index (χ1n) is 9.25. The summed E-state index contributed by atoms with van der Waals surface area (Å²) >= 11 is 5.81. The van der Waals surface area contributed by atoms with Gasteiger partial charge in [-0.05, 0) is 25.1 Å². The lowest BCUT2D eigenvalue weighted by atomic mass is 10.1. The molecule has 11 heteroatoms. The number of aryl methyl sites for hydroxylation is 1. The number of anilines is 1. The lowest BCUT2D eigenvalue weighted by molar-refractivity contribution is -0.141. The molecule has 0 fully saturated rings. The third kappa shape index (κ3) is 3.70. The summed E-state index contributed by atoms with van der Waals surface area (Å²) in [6.07, 6.45) is -4.73. The van der Waals surface area contributed by atoms with Crippen LogP contribution >= 0.6 is 11.6 Å². The van der Waals surface area contributed by atoms with Gasteiger partial charge in [-0.1, -0.05) is 17.7 Å². The summed E-state index contributed by atoms with van der Waals surface area (Å²) in [5, 5.41) is 3.04. The zero-order chi connectivity index (χ0) is 23.4.